The van der Waals surface area contributed by atoms with Gasteiger partial charge in [0.15, 0.2) is 0 Å². The van der Waals surface area contributed by atoms with Crippen LogP contribution < -0.4 is 0 Å². The average molecular weight is 275 g/mol. The first-order chi connectivity index (χ1) is 9.10. The van der Waals surface area contributed by atoms with Gasteiger partial charge in [0.2, 0.25) is 0 Å². The van der Waals surface area contributed by atoms with Crippen molar-refractivity contribution in [2.45, 2.75) is 4.90 Å². The monoisotopic (exact) mass is 275 g/mol. The zero-order valence-corrected chi connectivity index (χ0v) is 10.4. The smallest absolute Gasteiger partial charge is 0.254 e. The Bertz CT molecular complexity index is 856. The number of fused-ring (bicyclic) bond motifs is 1. The molecule has 1 aromatic carbocycles. The van der Waals surface area contributed by atoms with Crippen molar-refractivity contribution in [3.63, 3.8) is 0 Å². The molecule has 0 saturated carbocycles. The first-order valence-electron chi connectivity index (χ1n) is 5.44. The van der Waals surface area contributed by atoms with Crippen LogP contribution in [0, 0.1) is 11.9 Å². The number of rotatable bonds is 2. The third-order valence-corrected chi connectivity index (χ3v) is 4.42. The summed E-state index contributed by atoms with van der Waals surface area (Å²) in [5.41, 5.74) is 0.785. The van der Waals surface area contributed by atoms with Crippen LogP contribution in [0.25, 0.3) is 11.0 Å². The summed E-state index contributed by atoms with van der Waals surface area (Å²) in [7, 11) is -3.98. The van der Waals surface area contributed by atoms with Crippen molar-refractivity contribution in [1.29, 1.82) is 0 Å². The summed E-state index contributed by atoms with van der Waals surface area (Å²) in [5.74, 6) is -0.784. The minimum atomic E-state index is -3.98. The van der Waals surface area contributed by atoms with E-state index in [1.165, 1.54) is 24.4 Å². The number of benzene rings is 1. The Balaban J connectivity index is 2.29. The lowest BCUT2D eigenvalue weighted by Crippen LogP contribution is -2.13. The van der Waals surface area contributed by atoms with E-state index in [2.05, 4.69) is 11.1 Å². The summed E-state index contributed by atoms with van der Waals surface area (Å²) in [6.45, 7) is 0. The molecule has 0 spiro atoms. The summed E-state index contributed by atoms with van der Waals surface area (Å²) < 4.78 is 39.4. The molecular weight excluding hydrogens is 267 g/mol. The lowest BCUT2D eigenvalue weighted by molar-refractivity contribution is 0.562. The third kappa shape index (κ3) is 1.80. The fourth-order valence-electron chi connectivity index (χ4n) is 1.83. The van der Waals surface area contributed by atoms with Gasteiger partial charge in [-0.15, -0.1) is 0 Å². The van der Waals surface area contributed by atoms with Crippen LogP contribution in [0.4, 0.5) is 4.39 Å². The Morgan fingerprint density at radius 3 is 2.74 bits per heavy atom. The molecule has 0 N–H and O–H groups in total. The average Bonchev–Trinajstić information content (AvgIpc) is 2.83. The normalized spacial score (nSPS) is 11.8. The van der Waals surface area contributed by atoms with Crippen molar-refractivity contribution in [3.05, 3.63) is 60.7 Å². The lowest BCUT2D eigenvalue weighted by Gasteiger charge is -2.07. The molecule has 0 aliphatic rings. The fourth-order valence-corrected chi connectivity index (χ4v) is 3.21. The second-order valence-electron chi connectivity index (χ2n) is 3.88. The first kappa shape index (κ1) is 11.9. The highest BCUT2D eigenvalue weighted by atomic mass is 32.2. The molecule has 0 aliphatic heterocycles. The van der Waals surface area contributed by atoms with Crippen molar-refractivity contribution in [1.82, 2.24) is 8.96 Å². The van der Waals surface area contributed by atoms with Crippen LogP contribution in [0.3, 0.4) is 0 Å². The topological polar surface area (TPSA) is 52.0 Å². The Morgan fingerprint density at radius 1 is 1.16 bits per heavy atom. The molecule has 3 aromatic rings. The van der Waals surface area contributed by atoms with Gasteiger partial charge in [-0.2, -0.15) is 0 Å². The molecule has 2 heterocycles. The highest BCUT2D eigenvalue weighted by Crippen LogP contribution is 2.22. The van der Waals surface area contributed by atoms with Crippen LogP contribution >= 0.6 is 0 Å². The quantitative estimate of drug-likeness (QED) is 0.720. The number of hydrogen-bond donors (Lipinski definition) is 0. The maximum absolute atomic E-state index is 13.7. The Kier molecular flexibility index (Phi) is 2.60. The fraction of sp³-hybridized carbons (Fsp3) is 0. The molecule has 0 unspecified atom stereocenters. The Morgan fingerprint density at radius 2 is 1.95 bits per heavy atom. The van der Waals surface area contributed by atoms with Crippen molar-refractivity contribution >= 4 is 21.1 Å². The largest absolute Gasteiger partial charge is 0.271 e. The van der Waals surface area contributed by atoms with Gasteiger partial charge in [-0.1, -0.05) is 12.1 Å². The van der Waals surface area contributed by atoms with Gasteiger partial charge in [0.25, 0.3) is 10.0 Å². The van der Waals surface area contributed by atoms with Crippen LogP contribution in [0.15, 0.2) is 53.7 Å². The molecule has 1 radical (unpaired) electrons. The van der Waals surface area contributed by atoms with Gasteiger partial charge in [0.1, 0.15) is 10.7 Å². The Labute approximate surface area is 109 Å². The number of nitrogens with zero attached hydrogens (tertiary/aromatic N) is 2. The maximum atomic E-state index is 13.7. The number of aromatic nitrogens is 2. The van der Waals surface area contributed by atoms with Gasteiger partial charge in [-0.05, 0) is 24.3 Å². The second kappa shape index (κ2) is 4.17. The summed E-state index contributed by atoms with van der Waals surface area (Å²) in [6.07, 6.45) is 2.79. The molecule has 2 aromatic heterocycles. The highest BCUT2D eigenvalue weighted by Gasteiger charge is 2.22. The van der Waals surface area contributed by atoms with Gasteiger partial charge < -0.3 is 0 Å². The van der Waals surface area contributed by atoms with E-state index in [0.29, 0.717) is 11.0 Å². The van der Waals surface area contributed by atoms with Crippen molar-refractivity contribution in [2.75, 3.05) is 0 Å². The maximum Gasteiger partial charge on any atom is 0.271 e. The Hall–Kier alpha value is -2.21. The van der Waals surface area contributed by atoms with E-state index in [-0.39, 0.29) is 4.90 Å². The van der Waals surface area contributed by atoms with Gasteiger partial charge in [0.05, 0.1) is 11.0 Å². The van der Waals surface area contributed by atoms with E-state index in [9.17, 15) is 12.8 Å². The lowest BCUT2D eigenvalue weighted by atomic mass is 10.4. The molecule has 0 amide bonds. The van der Waals surface area contributed by atoms with Crippen LogP contribution in [0.2, 0.25) is 0 Å². The van der Waals surface area contributed by atoms with Crippen molar-refractivity contribution < 1.29 is 12.8 Å². The van der Waals surface area contributed by atoms with Crippen LogP contribution in [-0.4, -0.2) is 17.4 Å². The minimum Gasteiger partial charge on any atom is -0.254 e. The van der Waals surface area contributed by atoms with E-state index in [1.54, 1.807) is 18.3 Å². The van der Waals surface area contributed by atoms with E-state index in [4.69, 9.17) is 0 Å². The van der Waals surface area contributed by atoms with E-state index in [1.807, 2.05) is 0 Å². The molecule has 3 rings (SSSR count). The SMILES string of the molecule is O=S(=O)(c1ccccc1F)n1c[c]c2ncccc21. The summed E-state index contributed by atoms with van der Waals surface area (Å²) >= 11 is 0. The third-order valence-electron chi connectivity index (χ3n) is 2.72. The molecule has 6 heteroatoms. The van der Waals surface area contributed by atoms with Crippen LogP contribution in [0.5, 0.6) is 0 Å². The molecule has 0 aliphatic carbocycles. The molecule has 0 atom stereocenters. The predicted octanol–water partition coefficient (Wildman–Crippen LogP) is 2.21. The summed E-state index contributed by atoms with van der Waals surface area (Å²) in [5, 5.41) is 0. The standard InChI is InChI=1S/C13H8FN2O2S/c14-10-4-1-2-6-13(10)19(17,18)16-9-7-11-12(16)5-3-8-15-11/h1-6,8-9H. The predicted molar refractivity (Wildman–Crippen MR) is 67.6 cm³/mol. The first-order valence-corrected chi connectivity index (χ1v) is 6.88. The van der Waals surface area contributed by atoms with Crippen LogP contribution in [0.1, 0.15) is 0 Å². The minimum absolute atomic E-state index is 0.366. The highest BCUT2D eigenvalue weighted by molar-refractivity contribution is 7.90. The zero-order chi connectivity index (χ0) is 13.5. The molecule has 19 heavy (non-hydrogen) atoms. The van der Waals surface area contributed by atoms with E-state index < -0.39 is 15.8 Å². The second-order valence-corrected chi connectivity index (χ2v) is 5.66. The zero-order valence-electron chi connectivity index (χ0n) is 9.62. The number of halogens is 1. The molecule has 4 nitrogen and oxygen atoms in total. The van der Waals surface area contributed by atoms with Gasteiger partial charge >= 0.3 is 0 Å². The van der Waals surface area contributed by atoms with E-state index >= 15 is 0 Å². The molecular formula is C13H8FN2O2S. The summed E-state index contributed by atoms with van der Waals surface area (Å²) in [6, 6.07) is 11.2. The molecule has 95 valence electrons. The van der Waals surface area contributed by atoms with Gasteiger partial charge in [-0.25, -0.2) is 16.8 Å². The molecule has 0 bridgehead atoms. The van der Waals surface area contributed by atoms with Crippen molar-refractivity contribution in [3.8, 4) is 0 Å². The van der Waals surface area contributed by atoms with Gasteiger partial charge in [0, 0.05) is 18.5 Å². The van der Waals surface area contributed by atoms with Gasteiger partial charge in [-0.3, -0.25) is 4.98 Å². The molecule has 0 saturated heterocycles. The molecule has 0 fully saturated rings. The van der Waals surface area contributed by atoms with Crippen molar-refractivity contribution in [2.24, 2.45) is 0 Å². The number of pyridine rings is 1. The van der Waals surface area contributed by atoms with Crippen LogP contribution in [-0.2, 0) is 10.0 Å². The van der Waals surface area contributed by atoms with E-state index in [0.717, 1.165) is 10.0 Å². The summed E-state index contributed by atoms with van der Waals surface area (Å²) in [4.78, 5) is 3.63. The number of hydrogen-bond acceptors (Lipinski definition) is 3.